The third-order valence-corrected chi connectivity index (χ3v) is 6.31. The predicted octanol–water partition coefficient (Wildman–Crippen LogP) is 3.43. The molecule has 2 aromatic heterocycles. The van der Waals surface area contributed by atoms with Crippen molar-refractivity contribution in [1.82, 2.24) is 15.0 Å². The Balaban J connectivity index is 1.81. The van der Waals surface area contributed by atoms with Crippen LogP contribution in [0, 0.1) is 11.3 Å². The molecule has 4 aromatic rings. The number of rotatable bonds is 5. The van der Waals surface area contributed by atoms with Crippen molar-refractivity contribution in [1.29, 1.82) is 5.26 Å². The van der Waals surface area contributed by atoms with Crippen molar-refractivity contribution in [3.63, 3.8) is 0 Å². The lowest BCUT2D eigenvalue weighted by molar-refractivity contribution is 0.416. The predicted molar refractivity (Wildman–Crippen MR) is 109 cm³/mol. The van der Waals surface area contributed by atoms with Crippen LogP contribution < -0.4 is 9.46 Å². The monoisotopic (exact) mass is 423 g/mol. The molecule has 0 aliphatic heterocycles. The van der Waals surface area contributed by atoms with Gasteiger partial charge in [0.1, 0.15) is 12.1 Å². The summed E-state index contributed by atoms with van der Waals surface area (Å²) < 4.78 is 33.1. The smallest absolute Gasteiger partial charge is 0.263 e. The SMILES string of the molecule is COc1cc(C#N)ccc1-c1ncnc2cc(S(=O)(=O)Nc3nccs3)ccc12. The van der Waals surface area contributed by atoms with E-state index in [0.29, 0.717) is 33.5 Å². The molecule has 1 N–H and O–H groups in total. The molecule has 0 bridgehead atoms. The molecular formula is C19H13N5O3S2. The molecule has 2 heterocycles. The first-order valence-corrected chi connectivity index (χ1v) is 10.6. The van der Waals surface area contributed by atoms with Crippen molar-refractivity contribution in [2.45, 2.75) is 4.90 Å². The summed E-state index contributed by atoms with van der Waals surface area (Å²) in [5, 5.41) is 11.7. The second-order valence-corrected chi connectivity index (χ2v) is 8.45. The summed E-state index contributed by atoms with van der Waals surface area (Å²) in [6, 6.07) is 11.7. The van der Waals surface area contributed by atoms with Crippen LogP contribution in [0.1, 0.15) is 5.56 Å². The van der Waals surface area contributed by atoms with Gasteiger partial charge >= 0.3 is 0 Å². The van der Waals surface area contributed by atoms with Gasteiger partial charge in [0.15, 0.2) is 5.13 Å². The third-order valence-electron chi connectivity index (χ3n) is 4.16. The molecule has 4 rings (SSSR count). The zero-order valence-electron chi connectivity index (χ0n) is 15.0. The summed E-state index contributed by atoms with van der Waals surface area (Å²) >= 11 is 1.19. The van der Waals surface area contributed by atoms with Gasteiger partial charge in [-0.1, -0.05) is 0 Å². The number of ether oxygens (including phenoxy) is 1. The molecular weight excluding hydrogens is 410 g/mol. The number of sulfonamides is 1. The molecule has 8 nitrogen and oxygen atoms in total. The highest BCUT2D eigenvalue weighted by molar-refractivity contribution is 7.93. The van der Waals surface area contributed by atoms with Crippen molar-refractivity contribution in [2.75, 3.05) is 11.8 Å². The normalized spacial score (nSPS) is 11.2. The number of aromatic nitrogens is 3. The van der Waals surface area contributed by atoms with Crippen LogP contribution in [0.25, 0.3) is 22.2 Å². The Bertz CT molecular complexity index is 1350. The standard InChI is InChI=1S/C19H13N5O3S2/c1-27-17-8-12(10-20)2-4-15(17)18-14-5-3-13(9-16(14)22-11-23-18)29(25,26)24-19-21-6-7-28-19/h2-9,11H,1H3,(H,21,24). The maximum atomic E-state index is 12.6. The van der Waals surface area contributed by atoms with Gasteiger partial charge < -0.3 is 4.74 Å². The van der Waals surface area contributed by atoms with Crippen LogP contribution in [-0.4, -0.2) is 30.5 Å². The quantitative estimate of drug-likeness (QED) is 0.522. The lowest BCUT2D eigenvalue weighted by Crippen LogP contribution is -2.12. The first-order valence-electron chi connectivity index (χ1n) is 8.27. The number of hydrogen-bond donors (Lipinski definition) is 1. The van der Waals surface area contributed by atoms with Crippen LogP contribution in [0.5, 0.6) is 5.75 Å². The molecule has 29 heavy (non-hydrogen) atoms. The van der Waals surface area contributed by atoms with E-state index in [9.17, 15) is 8.42 Å². The topological polar surface area (TPSA) is 118 Å². The second-order valence-electron chi connectivity index (χ2n) is 5.87. The first kappa shape index (κ1) is 18.8. The van der Waals surface area contributed by atoms with E-state index >= 15 is 0 Å². The maximum Gasteiger partial charge on any atom is 0.263 e. The summed E-state index contributed by atoms with van der Waals surface area (Å²) in [4.78, 5) is 12.6. The highest BCUT2D eigenvalue weighted by atomic mass is 32.2. The Kier molecular flexibility index (Phi) is 4.84. The van der Waals surface area contributed by atoms with Crippen molar-refractivity contribution < 1.29 is 13.2 Å². The first-order chi connectivity index (χ1) is 14.0. The molecule has 0 atom stereocenters. The summed E-state index contributed by atoms with van der Waals surface area (Å²) in [6.45, 7) is 0. The molecule has 2 aromatic carbocycles. The Morgan fingerprint density at radius 1 is 1.14 bits per heavy atom. The van der Waals surface area contributed by atoms with Crippen LogP contribution in [0.15, 0.2) is 59.2 Å². The molecule has 0 aliphatic rings. The largest absolute Gasteiger partial charge is 0.496 e. The van der Waals surface area contributed by atoms with Gasteiger partial charge in [0.2, 0.25) is 0 Å². The molecule has 10 heteroatoms. The van der Waals surface area contributed by atoms with Gasteiger partial charge in [-0.15, -0.1) is 11.3 Å². The Hall–Kier alpha value is -3.55. The molecule has 0 aliphatic carbocycles. The number of nitrogens with one attached hydrogen (secondary N) is 1. The highest BCUT2D eigenvalue weighted by Gasteiger charge is 2.18. The van der Waals surface area contributed by atoms with E-state index in [0.717, 1.165) is 0 Å². The van der Waals surface area contributed by atoms with Crippen LogP contribution >= 0.6 is 11.3 Å². The number of anilines is 1. The number of benzene rings is 2. The van der Waals surface area contributed by atoms with Gasteiger partial charge in [-0.05, 0) is 36.4 Å². The van der Waals surface area contributed by atoms with Crippen molar-refractivity contribution in [3.05, 3.63) is 59.9 Å². The van der Waals surface area contributed by atoms with Gasteiger partial charge in [0.05, 0.1) is 34.8 Å². The molecule has 0 saturated carbocycles. The lowest BCUT2D eigenvalue weighted by atomic mass is 10.0. The van der Waals surface area contributed by atoms with Gasteiger partial charge in [0.25, 0.3) is 10.0 Å². The van der Waals surface area contributed by atoms with E-state index in [1.165, 1.54) is 43.1 Å². The van der Waals surface area contributed by atoms with Crippen LogP contribution in [0.4, 0.5) is 5.13 Å². The second kappa shape index (κ2) is 7.46. The molecule has 0 unspecified atom stereocenters. The third kappa shape index (κ3) is 3.61. The van der Waals surface area contributed by atoms with Crippen LogP contribution in [0.2, 0.25) is 0 Å². The van der Waals surface area contributed by atoms with Crippen LogP contribution in [0.3, 0.4) is 0 Å². The highest BCUT2D eigenvalue weighted by Crippen LogP contribution is 2.34. The van der Waals surface area contributed by atoms with E-state index in [2.05, 4.69) is 25.7 Å². The van der Waals surface area contributed by atoms with E-state index in [-0.39, 0.29) is 10.0 Å². The average Bonchev–Trinajstić information content (AvgIpc) is 3.24. The fraction of sp³-hybridized carbons (Fsp3) is 0.0526. The Morgan fingerprint density at radius 2 is 2.00 bits per heavy atom. The fourth-order valence-electron chi connectivity index (χ4n) is 2.82. The minimum Gasteiger partial charge on any atom is -0.496 e. The Morgan fingerprint density at radius 3 is 2.72 bits per heavy atom. The van der Waals surface area contributed by atoms with Gasteiger partial charge in [-0.3, -0.25) is 4.72 Å². The number of nitriles is 1. The van der Waals surface area contributed by atoms with E-state index in [1.54, 1.807) is 29.6 Å². The molecule has 0 radical (unpaired) electrons. The maximum absolute atomic E-state index is 12.6. The van der Waals surface area contributed by atoms with Gasteiger partial charge in [0, 0.05) is 22.5 Å². The van der Waals surface area contributed by atoms with Crippen molar-refractivity contribution >= 4 is 37.4 Å². The van der Waals surface area contributed by atoms with Gasteiger partial charge in [-0.25, -0.2) is 23.4 Å². The van der Waals surface area contributed by atoms with E-state index in [1.807, 2.05) is 0 Å². The molecule has 144 valence electrons. The van der Waals surface area contributed by atoms with Crippen LogP contribution in [-0.2, 0) is 10.0 Å². The molecule has 0 amide bonds. The number of hydrogen-bond acceptors (Lipinski definition) is 8. The summed E-state index contributed by atoms with van der Waals surface area (Å²) in [6.07, 6.45) is 2.88. The molecule has 0 fully saturated rings. The lowest BCUT2D eigenvalue weighted by Gasteiger charge is -2.11. The van der Waals surface area contributed by atoms with E-state index in [4.69, 9.17) is 10.00 Å². The van der Waals surface area contributed by atoms with Crippen molar-refractivity contribution in [3.8, 4) is 23.1 Å². The number of thiazole rings is 1. The minimum atomic E-state index is -3.80. The number of nitrogens with zero attached hydrogens (tertiary/aromatic N) is 4. The zero-order valence-corrected chi connectivity index (χ0v) is 16.7. The molecule has 0 saturated heterocycles. The van der Waals surface area contributed by atoms with E-state index < -0.39 is 10.0 Å². The van der Waals surface area contributed by atoms with Gasteiger partial charge in [-0.2, -0.15) is 5.26 Å². The minimum absolute atomic E-state index is 0.0663. The zero-order chi connectivity index (χ0) is 20.4. The average molecular weight is 423 g/mol. The summed E-state index contributed by atoms with van der Waals surface area (Å²) in [5.74, 6) is 0.492. The number of methoxy groups -OCH3 is 1. The fourth-order valence-corrected chi connectivity index (χ4v) is 4.63. The summed E-state index contributed by atoms with van der Waals surface area (Å²) in [5.41, 5.74) is 2.18. The summed E-state index contributed by atoms with van der Waals surface area (Å²) in [7, 11) is -2.29. The Labute approximate surface area is 170 Å². The van der Waals surface area contributed by atoms with Crippen molar-refractivity contribution in [2.24, 2.45) is 0 Å². The molecule has 0 spiro atoms. The number of fused-ring (bicyclic) bond motifs is 1.